The number of amides is 1. The number of pyridine rings is 1. The maximum atomic E-state index is 12.7. The van der Waals surface area contributed by atoms with Gasteiger partial charge in [-0.05, 0) is 38.0 Å². The Bertz CT molecular complexity index is 884. The first-order valence-corrected chi connectivity index (χ1v) is 8.62. The Balaban J connectivity index is 1.75. The number of hydrogen-bond donors (Lipinski definition) is 1. The van der Waals surface area contributed by atoms with Crippen LogP contribution >= 0.6 is 0 Å². The van der Waals surface area contributed by atoms with Crippen LogP contribution in [0.25, 0.3) is 11.4 Å². The minimum Gasteiger partial charge on any atom is -0.339 e. The Labute approximate surface area is 151 Å². The number of nitrogens with zero attached hydrogens (tertiary/aromatic N) is 5. The van der Waals surface area contributed by atoms with Gasteiger partial charge in [-0.15, -0.1) is 0 Å². The molecule has 0 bridgehead atoms. The summed E-state index contributed by atoms with van der Waals surface area (Å²) in [5, 5.41) is 11.3. The third-order valence-electron chi connectivity index (χ3n) is 4.02. The highest BCUT2D eigenvalue weighted by Crippen LogP contribution is 2.19. The van der Waals surface area contributed by atoms with E-state index in [0.29, 0.717) is 24.0 Å². The Kier molecular flexibility index (Phi) is 5.11. The molecule has 1 N–H and O–H groups in total. The minimum atomic E-state index is -0.423. The Morgan fingerprint density at radius 3 is 2.65 bits per heavy atom. The Hall–Kier alpha value is -3.03. The molecule has 1 amide bonds. The van der Waals surface area contributed by atoms with E-state index in [4.69, 9.17) is 4.52 Å². The van der Waals surface area contributed by atoms with Crippen molar-refractivity contribution >= 4 is 5.91 Å². The van der Waals surface area contributed by atoms with Crippen LogP contribution in [0.15, 0.2) is 35.1 Å². The summed E-state index contributed by atoms with van der Waals surface area (Å²) >= 11 is 0. The van der Waals surface area contributed by atoms with E-state index in [1.54, 1.807) is 36.1 Å². The molecule has 0 aliphatic carbocycles. The molecule has 8 nitrogen and oxygen atoms in total. The van der Waals surface area contributed by atoms with E-state index in [2.05, 4.69) is 25.5 Å². The molecule has 3 heterocycles. The van der Waals surface area contributed by atoms with Crippen LogP contribution in [-0.2, 0) is 6.54 Å². The van der Waals surface area contributed by atoms with Gasteiger partial charge >= 0.3 is 0 Å². The predicted octanol–water partition coefficient (Wildman–Crippen LogP) is 2.96. The van der Waals surface area contributed by atoms with Gasteiger partial charge in [0.05, 0.1) is 5.69 Å². The van der Waals surface area contributed by atoms with Gasteiger partial charge in [0.25, 0.3) is 5.91 Å². The van der Waals surface area contributed by atoms with Crippen molar-refractivity contribution in [2.75, 3.05) is 0 Å². The summed E-state index contributed by atoms with van der Waals surface area (Å²) in [6.45, 7) is 8.47. The molecule has 0 unspecified atom stereocenters. The maximum Gasteiger partial charge on any atom is 0.270 e. The number of nitrogens with one attached hydrogen (secondary N) is 1. The third kappa shape index (κ3) is 3.63. The third-order valence-corrected chi connectivity index (χ3v) is 4.02. The molecule has 0 aliphatic heterocycles. The average molecular weight is 354 g/mol. The second-order valence-corrected chi connectivity index (χ2v) is 6.31. The summed E-state index contributed by atoms with van der Waals surface area (Å²) in [7, 11) is 0. The highest BCUT2D eigenvalue weighted by atomic mass is 16.5. The molecule has 26 heavy (non-hydrogen) atoms. The standard InChI is InChI=1S/C18H22N6O2/c1-5-24-15(10-14(22-24)11(2)3)17(25)20-12(4)18-21-16(23-26-18)13-6-8-19-9-7-13/h6-12H,5H2,1-4H3,(H,20,25)/t12-/m1/s1. The van der Waals surface area contributed by atoms with E-state index in [-0.39, 0.29) is 11.8 Å². The molecule has 0 radical (unpaired) electrons. The topological polar surface area (TPSA) is 98.7 Å². The summed E-state index contributed by atoms with van der Waals surface area (Å²) in [6.07, 6.45) is 3.32. The van der Waals surface area contributed by atoms with Crippen LogP contribution in [0.3, 0.4) is 0 Å². The highest BCUT2D eigenvalue weighted by Gasteiger charge is 2.21. The first-order valence-electron chi connectivity index (χ1n) is 8.62. The largest absolute Gasteiger partial charge is 0.339 e. The molecule has 1 atom stereocenters. The molecular formula is C18H22N6O2. The second-order valence-electron chi connectivity index (χ2n) is 6.31. The van der Waals surface area contributed by atoms with Crippen molar-refractivity contribution in [1.29, 1.82) is 0 Å². The summed E-state index contributed by atoms with van der Waals surface area (Å²) in [4.78, 5) is 21.0. The zero-order valence-corrected chi connectivity index (χ0v) is 15.3. The molecule has 136 valence electrons. The van der Waals surface area contributed by atoms with E-state index >= 15 is 0 Å². The first kappa shape index (κ1) is 17.8. The van der Waals surface area contributed by atoms with Crippen molar-refractivity contribution in [3.63, 3.8) is 0 Å². The second kappa shape index (κ2) is 7.47. The van der Waals surface area contributed by atoms with E-state index in [0.717, 1.165) is 11.3 Å². The molecule has 3 rings (SSSR count). The Morgan fingerprint density at radius 1 is 1.27 bits per heavy atom. The van der Waals surface area contributed by atoms with Gasteiger partial charge < -0.3 is 9.84 Å². The normalized spacial score (nSPS) is 12.3. The molecule has 3 aromatic heterocycles. The van der Waals surface area contributed by atoms with Gasteiger partial charge in [-0.1, -0.05) is 19.0 Å². The van der Waals surface area contributed by atoms with Gasteiger partial charge in [0.2, 0.25) is 11.7 Å². The molecule has 0 aromatic carbocycles. The lowest BCUT2D eigenvalue weighted by Gasteiger charge is -2.10. The lowest BCUT2D eigenvalue weighted by molar-refractivity contribution is 0.0921. The quantitative estimate of drug-likeness (QED) is 0.731. The summed E-state index contributed by atoms with van der Waals surface area (Å²) in [5.41, 5.74) is 2.22. The molecule has 0 fully saturated rings. The fourth-order valence-corrected chi connectivity index (χ4v) is 2.50. The molecule has 3 aromatic rings. The van der Waals surface area contributed by atoms with Crippen molar-refractivity contribution in [3.8, 4) is 11.4 Å². The fraction of sp³-hybridized carbons (Fsp3) is 0.389. The maximum absolute atomic E-state index is 12.7. The molecular weight excluding hydrogens is 332 g/mol. The summed E-state index contributed by atoms with van der Waals surface area (Å²) in [5.74, 6) is 0.842. The van der Waals surface area contributed by atoms with Gasteiger partial charge in [0.1, 0.15) is 11.7 Å². The van der Waals surface area contributed by atoms with Crippen molar-refractivity contribution in [1.82, 2.24) is 30.2 Å². The first-order chi connectivity index (χ1) is 12.5. The van der Waals surface area contributed by atoms with Crippen LogP contribution in [0.1, 0.15) is 61.7 Å². The van der Waals surface area contributed by atoms with Crippen LogP contribution in [0.5, 0.6) is 0 Å². The van der Waals surface area contributed by atoms with E-state index < -0.39 is 6.04 Å². The van der Waals surface area contributed by atoms with Crippen LogP contribution in [-0.4, -0.2) is 30.8 Å². The SMILES string of the molecule is CCn1nc(C(C)C)cc1C(=O)N[C@H](C)c1nc(-c2ccncc2)no1. The number of aromatic nitrogens is 5. The smallest absolute Gasteiger partial charge is 0.270 e. The van der Waals surface area contributed by atoms with Gasteiger partial charge in [-0.3, -0.25) is 14.5 Å². The van der Waals surface area contributed by atoms with Gasteiger partial charge in [0.15, 0.2) is 0 Å². The van der Waals surface area contributed by atoms with Crippen LogP contribution in [0.4, 0.5) is 0 Å². The molecule has 0 saturated carbocycles. The van der Waals surface area contributed by atoms with Gasteiger partial charge in [-0.2, -0.15) is 10.1 Å². The Morgan fingerprint density at radius 2 is 2.00 bits per heavy atom. The van der Waals surface area contributed by atoms with Crippen molar-refractivity contribution < 1.29 is 9.32 Å². The molecule has 0 saturated heterocycles. The van der Waals surface area contributed by atoms with Crippen molar-refractivity contribution in [3.05, 3.63) is 47.9 Å². The lowest BCUT2D eigenvalue weighted by atomic mass is 10.1. The number of aryl methyl sites for hydroxylation is 1. The number of carbonyl (C=O) groups is 1. The van der Waals surface area contributed by atoms with Crippen LogP contribution in [0.2, 0.25) is 0 Å². The molecule has 0 spiro atoms. The number of hydrogen-bond acceptors (Lipinski definition) is 6. The minimum absolute atomic E-state index is 0.220. The van der Waals surface area contributed by atoms with Crippen molar-refractivity contribution in [2.24, 2.45) is 0 Å². The van der Waals surface area contributed by atoms with Gasteiger partial charge in [-0.25, -0.2) is 0 Å². The van der Waals surface area contributed by atoms with Crippen LogP contribution < -0.4 is 5.32 Å². The predicted molar refractivity (Wildman–Crippen MR) is 95.4 cm³/mol. The average Bonchev–Trinajstić information content (AvgIpc) is 3.29. The molecule has 8 heteroatoms. The zero-order chi connectivity index (χ0) is 18.7. The van der Waals surface area contributed by atoms with Crippen LogP contribution in [0, 0.1) is 0 Å². The monoisotopic (exact) mass is 354 g/mol. The van der Waals surface area contributed by atoms with Crippen molar-refractivity contribution in [2.45, 2.75) is 46.2 Å². The van der Waals surface area contributed by atoms with Gasteiger partial charge in [0, 0.05) is 24.5 Å². The lowest BCUT2D eigenvalue weighted by Crippen LogP contribution is -2.29. The zero-order valence-electron chi connectivity index (χ0n) is 15.3. The highest BCUT2D eigenvalue weighted by molar-refractivity contribution is 5.92. The number of rotatable bonds is 6. The van der Waals surface area contributed by atoms with E-state index in [1.165, 1.54) is 0 Å². The van der Waals surface area contributed by atoms with E-state index in [1.807, 2.05) is 26.8 Å². The number of carbonyl (C=O) groups excluding carboxylic acids is 1. The van der Waals surface area contributed by atoms with E-state index in [9.17, 15) is 4.79 Å². The summed E-state index contributed by atoms with van der Waals surface area (Å²) in [6, 6.07) is 5.00. The molecule has 0 aliphatic rings. The fourth-order valence-electron chi connectivity index (χ4n) is 2.50. The summed E-state index contributed by atoms with van der Waals surface area (Å²) < 4.78 is 7.00.